The van der Waals surface area contributed by atoms with E-state index in [-0.39, 0.29) is 5.78 Å². The molecule has 1 fully saturated rings. The van der Waals surface area contributed by atoms with E-state index in [1.54, 1.807) is 0 Å². The topological polar surface area (TPSA) is 32.3 Å². The quantitative estimate of drug-likeness (QED) is 0.837. The van der Waals surface area contributed by atoms with Crippen LogP contribution in [0.3, 0.4) is 0 Å². The molecule has 0 aliphatic carbocycles. The highest BCUT2D eigenvalue weighted by Crippen LogP contribution is 2.17. The van der Waals surface area contributed by atoms with Crippen molar-refractivity contribution >= 4 is 5.78 Å². The Morgan fingerprint density at radius 3 is 2.95 bits per heavy atom. The molecule has 2 rings (SSSR count). The fraction of sp³-hybridized carbons (Fsp3) is 0.588. The first-order chi connectivity index (χ1) is 9.60. The summed E-state index contributed by atoms with van der Waals surface area (Å²) in [5.41, 5.74) is 3.13. The Hall–Kier alpha value is -1.19. The Labute approximate surface area is 122 Å². The Morgan fingerprint density at radius 2 is 2.20 bits per heavy atom. The van der Waals surface area contributed by atoms with E-state index < -0.39 is 0 Å². The van der Waals surface area contributed by atoms with Gasteiger partial charge in [0.05, 0.1) is 6.54 Å². The van der Waals surface area contributed by atoms with Gasteiger partial charge >= 0.3 is 0 Å². The second-order valence-corrected chi connectivity index (χ2v) is 6.04. The van der Waals surface area contributed by atoms with Crippen molar-refractivity contribution in [2.45, 2.75) is 26.7 Å². The maximum Gasteiger partial charge on any atom is 0.177 e. The smallest absolute Gasteiger partial charge is 0.177 e. The zero-order valence-electron chi connectivity index (χ0n) is 12.9. The number of nitrogens with zero attached hydrogens (tertiary/aromatic N) is 1. The third-order valence-electron chi connectivity index (χ3n) is 4.16. The van der Waals surface area contributed by atoms with Crippen LogP contribution in [0.1, 0.15) is 34.3 Å². The molecule has 20 heavy (non-hydrogen) atoms. The number of rotatable bonds is 5. The van der Waals surface area contributed by atoms with Gasteiger partial charge in [0.25, 0.3) is 0 Å². The van der Waals surface area contributed by atoms with Crippen molar-refractivity contribution in [1.29, 1.82) is 0 Å². The molecular weight excluding hydrogens is 248 g/mol. The van der Waals surface area contributed by atoms with Gasteiger partial charge in [0.2, 0.25) is 0 Å². The van der Waals surface area contributed by atoms with Gasteiger partial charge in [-0.2, -0.15) is 0 Å². The number of carbonyl (C=O) groups is 1. The fourth-order valence-electron chi connectivity index (χ4n) is 3.07. The molecule has 3 nitrogen and oxygen atoms in total. The summed E-state index contributed by atoms with van der Waals surface area (Å²) >= 11 is 0. The highest BCUT2D eigenvalue weighted by atomic mass is 16.1. The van der Waals surface area contributed by atoms with E-state index in [9.17, 15) is 4.79 Å². The molecule has 1 aliphatic rings. The number of hydrogen-bond acceptors (Lipinski definition) is 3. The van der Waals surface area contributed by atoms with Crippen molar-refractivity contribution in [3.05, 3.63) is 34.9 Å². The van der Waals surface area contributed by atoms with Crippen molar-refractivity contribution in [2.75, 3.05) is 33.2 Å². The number of nitrogens with one attached hydrogen (secondary N) is 1. The lowest BCUT2D eigenvalue weighted by molar-refractivity contribution is 0.0886. The monoisotopic (exact) mass is 274 g/mol. The number of piperidine rings is 1. The number of aryl methyl sites for hydroxylation is 2. The normalized spacial score (nSPS) is 20.1. The predicted octanol–water partition coefficient (Wildman–Crippen LogP) is 2.42. The van der Waals surface area contributed by atoms with Crippen LogP contribution in [0.4, 0.5) is 0 Å². The molecular formula is C17H26N2O. The first kappa shape index (κ1) is 15.2. The molecule has 1 aromatic rings. The second-order valence-electron chi connectivity index (χ2n) is 6.04. The molecule has 3 heteroatoms. The minimum absolute atomic E-state index is 0.260. The number of likely N-dealkylation sites (tertiary alicyclic amines) is 1. The van der Waals surface area contributed by atoms with Crippen LogP contribution in [0, 0.1) is 19.8 Å². The number of ketones is 1. The summed E-state index contributed by atoms with van der Waals surface area (Å²) in [6.45, 7) is 7.76. The lowest BCUT2D eigenvalue weighted by atomic mass is 9.96. The van der Waals surface area contributed by atoms with Crippen LogP contribution in [0.2, 0.25) is 0 Å². The van der Waals surface area contributed by atoms with Gasteiger partial charge in [-0.1, -0.05) is 17.7 Å². The number of benzene rings is 1. The zero-order chi connectivity index (χ0) is 14.5. The van der Waals surface area contributed by atoms with Crippen molar-refractivity contribution in [1.82, 2.24) is 10.2 Å². The van der Waals surface area contributed by atoms with Crippen molar-refractivity contribution in [3.63, 3.8) is 0 Å². The van der Waals surface area contributed by atoms with Crippen molar-refractivity contribution in [2.24, 2.45) is 5.92 Å². The summed E-state index contributed by atoms with van der Waals surface area (Å²) in [6.07, 6.45) is 2.47. The average molecular weight is 274 g/mol. The van der Waals surface area contributed by atoms with E-state index in [2.05, 4.69) is 16.3 Å². The molecule has 110 valence electrons. The fourth-order valence-corrected chi connectivity index (χ4v) is 3.07. The molecule has 1 heterocycles. The molecule has 0 aromatic heterocycles. The highest BCUT2D eigenvalue weighted by molar-refractivity contribution is 5.99. The molecule has 0 bridgehead atoms. The van der Waals surface area contributed by atoms with E-state index in [0.717, 1.165) is 36.3 Å². The molecule has 1 unspecified atom stereocenters. The Bertz CT molecular complexity index is 468. The Morgan fingerprint density at radius 1 is 1.40 bits per heavy atom. The Balaban J connectivity index is 1.98. The van der Waals surface area contributed by atoms with E-state index in [1.165, 1.54) is 12.8 Å². The largest absolute Gasteiger partial charge is 0.319 e. The summed E-state index contributed by atoms with van der Waals surface area (Å²) in [5, 5.41) is 3.25. The van der Waals surface area contributed by atoms with Crippen LogP contribution < -0.4 is 5.32 Å². The van der Waals surface area contributed by atoms with Gasteiger partial charge in [-0.3, -0.25) is 9.69 Å². The molecule has 0 spiro atoms. The minimum Gasteiger partial charge on any atom is -0.319 e. The van der Waals surface area contributed by atoms with Crippen LogP contribution in [-0.4, -0.2) is 43.9 Å². The first-order valence-electron chi connectivity index (χ1n) is 7.57. The number of Topliss-reactive ketones (excluding diaryl/α,β-unsaturated/α-hetero) is 1. The van der Waals surface area contributed by atoms with E-state index in [1.807, 2.05) is 33.0 Å². The summed E-state index contributed by atoms with van der Waals surface area (Å²) in [6, 6.07) is 6.13. The minimum atomic E-state index is 0.260. The summed E-state index contributed by atoms with van der Waals surface area (Å²) in [4.78, 5) is 14.8. The summed E-state index contributed by atoms with van der Waals surface area (Å²) in [5.74, 6) is 0.941. The molecule has 1 N–H and O–H groups in total. The predicted molar refractivity (Wildman–Crippen MR) is 83.3 cm³/mol. The molecule has 0 amide bonds. The lowest BCUT2D eigenvalue weighted by Gasteiger charge is -2.32. The lowest BCUT2D eigenvalue weighted by Crippen LogP contribution is -2.41. The molecule has 0 saturated carbocycles. The van der Waals surface area contributed by atoms with E-state index >= 15 is 0 Å². The van der Waals surface area contributed by atoms with Crippen molar-refractivity contribution < 1.29 is 4.79 Å². The van der Waals surface area contributed by atoms with Gasteiger partial charge in [0, 0.05) is 12.1 Å². The maximum absolute atomic E-state index is 12.5. The van der Waals surface area contributed by atoms with Gasteiger partial charge in [0.1, 0.15) is 0 Å². The van der Waals surface area contributed by atoms with Gasteiger partial charge in [-0.15, -0.1) is 0 Å². The van der Waals surface area contributed by atoms with Crippen LogP contribution >= 0.6 is 0 Å². The maximum atomic E-state index is 12.5. The van der Waals surface area contributed by atoms with Gasteiger partial charge in [-0.25, -0.2) is 0 Å². The Kier molecular flexibility index (Phi) is 5.32. The number of carbonyl (C=O) groups excluding carboxylic acids is 1. The van der Waals surface area contributed by atoms with Gasteiger partial charge in [0.15, 0.2) is 5.78 Å². The van der Waals surface area contributed by atoms with Gasteiger partial charge < -0.3 is 5.32 Å². The molecule has 1 atom stereocenters. The van der Waals surface area contributed by atoms with Crippen molar-refractivity contribution in [3.8, 4) is 0 Å². The zero-order valence-corrected chi connectivity index (χ0v) is 12.9. The van der Waals surface area contributed by atoms with Crippen LogP contribution in [0.15, 0.2) is 18.2 Å². The average Bonchev–Trinajstić information content (AvgIpc) is 2.42. The standard InChI is InChI=1S/C17H26N2O/c1-13-6-7-14(2)16(9-13)17(20)12-19-8-4-5-15(11-19)10-18-3/h6-7,9,15,18H,4-5,8,10-12H2,1-3H3. The van der Waals surface area contributed by atoms with E-state index in [0.29, 0.717) is 12.5 Å². The van der Waals surface area contributed by atoms with E-state index in [4.69, 9.17) is 0 Å². The molecule has 1 aliphatic heterocycles. The third kappa shape index (κ3) is 3.90. The molecule has 1 aromatic carbocycles. The second kappa shape index (κ2) is 7.00. The SMILES string of the molecule is CNCC1CCCN(CC(=O)c2cc(C)ccc2C)C1. The first-order valence-corrected chi connectivity index (χ1v) is 7.57. The van der Waals surface area contributed by atoms with Crippen LogP contribution in [0.25, 0.3) is 0 Å². The van der Waals surface area contributed by atoms with Crippen LogP contribution in [0.5, 0.6) is 0 Å². The molecule has 0 radical (unpaired) electrons. The summed E-state index contributed by atoms with van der Waals surface area (Å²) < 4.78 is 0. The highest BCUT2D eigenvalue weighted by Gasteiger charge is 2.22. The summed E-state index contributed by atoms with van der Waals surface area (Å²) in [7, 11) is 2.00. The van der Waals surface area contributed by atoms with Gasteiger partial charge in [-0.05, 0) is 64.4 Å². The van der Waals surface area contributed by atoms with Crippen LogP contribution in [-0.2, 0) is 0 Å². The third-order valence-corrected chi connectivity index (χ3v) is 4.16. The number of hydrogen-bond donors (Lipinski definition) is 1. The molecule has 1 saturated heterocycles.